The van der Waals surface area contributed by atoms with E-state index < -0.39 is 35.1 Å². The molecule has 3 unspecified atom stereocenters. The Hall–Kier alpha value is -3.23. The molecule has 3 N–H and O–H groups in total. The van der Waals surface area contributed by atoms with Gasteiger partial charge >= 0.3 is 0 Å². The van der Waals surface area contributed by atoms with Gasteiger partial charge in [-0.05, 0) is 50.3 Å². The summed E-state index contributed by atoms with van der Waals surface area (Å²) >= 11 is 0. The topological polar surface area (TPSA) is 108 Å². The molecule has 3 fully saturated rings. The van der Waals surface area contributed by atoms with E-state index in [1.54, 1.807) is 0 Å². The Morgan fingerprint density at radius 1 is 1.05 bits per heavy atom. The Balaban J connectivity index is 1.59. The molecule has 208 valence electrons. The Kier molecular flexibility index (Phi) is 7.53. The van der Waals surface area contributed by atoms with E-state index >= 15 is 0 Å². The van der Waals surface area contributed by atoms with Gasteiger partial charge in [0.2, 0.25) is 17.7 Å². The minimum absolute atomic E-state index is 0.0879. The highest BCUT2D eigenvalue weighted by molar-refractivity contribution is 6.02. The fraction of sp³-hybridized carbons (Fsp3) is 0.516. The molecule has 1 spiro atoms. The predicted octanol–water partition coefficient (Wildman–Crippen LogP) is 3.82. The molecule has 3 heterocycles. The smallest absolute Gasteiger partial charge is 0.246 e. The molecule has 3 aliphatic heterocycles. The van der Waals surface area contributed by atoms with Crippen molar-refractivity contribution < 1.29 is 24.2 Å². The molecule has 5 rings (SSSR count). The number of likely N-dealkylation sites (tertiary alicyclic amines) is 1. The summed E-state index contributed by atoms with van der Waals surface area (Å²) < 4.78 is 6.83. The van der Waals surface area contributed by atoms with Crippen LogP contribution in [0.4, 0.5) is 5.69 Å². The van der Waals surface area contributed by atoms with Crippen LogP contribution in [0.2, 0.25) is 0 Å². The number of aliphatic hydroxyl groups is 1. The van der Waals surface area contributed by atoms with Gasteiger partial charge in [0, 0.05) is 11.7 Å². The summed E-state index contributed by atoms with van der Waals surface area (Å²) in [5.74, 6) is -2.47. The van der Waals surface area contributed by atoms with E-state index in [4.69, 9.17) is 4.74 Å². The van der Waals surface area contributed by atoms with Gasteiger partial charge in [-0.25, -0.2) is 0 Å². The number of amides is 3. The Morgan fingerprint density at radius 2 is 1.72 bits per heavy atom. The lowest BCUT2D eigenvalue weighted by Gasteiger charge is -2.38. The molecule has 2 aromatic carbocycles. The van der Waals surface area contributed by atoms with Gasteiger partial charge in [0.1, 0.15) is 11.6 Å². The Labute approximate surface area is 230 Å². The Bertz CT molecular complexity index is 1210. The van der Waals surface area contributed by atoms with E-state index in [9.17, 15) is 19.5 Å². The number of ether oxygens (including phenoxy) is 1. The van der Waals surface area contributed by atoms with Crippen LogP contribution in [-0.4, -0.2) is 57.6 Å². The molecule has 0 aromatic heterocycles. The first-order chi connectivity index (χ1) is 18.8. The molecule has 7 atom stereocenters. The average Bonchev–Trinajstić information content (AvgIpc) is 3.54. The van der Waals surface area contributed by atoms with Gasteiger partial charge in [0.25, 0.3) is 0 Å². The van der Waals surface area contributed by atoms with E-state index in [0.717, 1.165) is 18.4 Å². The van der Waals surface area contributed by atoms with Crippen LogP contribution in [-0.2, 0) is 19.1 Å². The maximum Gasteiger partial charge on any atom is 0.246 e. The summed E-state index contributed by atoms with van der Waals surface area (Å²) in [5, 5.41) is 16.7. The quantitative estimate of drug-likeness (QED) is 0.430. The fourth-order valence-corrected chi connectivity index (χ4v) is 7.29. The first kappa shape index (κ1) is 27.3. The summed E-state index contributed by atoms with van der Waals surface area (Å²) in [6.45, 7) is 5.63. The largest absolute Gasteiger partial charge is 0.394 e. The van der Waals surface area contributed by atoms with Crippen LogP contribution >= 0.6 is 0 Å². The third kappa shape index (κ3) is 4.43. The standard InChI is InChI=1S/C31H39N3O5/c1-4-12-20(3)32-28(37)26-31-18-17-30(5-2,39-31)24(27(36)33-22-15-10-7-11-16-22)25(31)29(38)34(26)23(19-35)21-13-8-6-9-14-21/h6-11,13-16,20,23-26,35H,4-5,12,17-19H2,1-3H3,(H,32,37)(H,33,36)/t20?,23-,24+,25+,26?,30-,31?/m1/s1. The summed E-state index contributed by atoms with van der Waals surface area (Å²) in [6.07, 6.45) is 3.33. The minimum Gasteiger partial charge on any atom is -0.394 e. The number of hydrogen-bond donors (Lipinski definition) is 3. The second-order valence-corrected chi connectivity index (χ2v) is 11.2. The number of carbonyl (C=O) groups is 3. The van der Waals surface area contributed by atoms with Crippen LogP contribution in [0.25, 0.3) is 0 Å². The molecule has 0 saturated carbocycles. The number of aliphatic hydroxyl groups excluding tert-OH is 1. The van der Waals surface area contributed by atoms with Gasteiger partial charge in [-0.3, -0.25) is 14.4 Å². The predicted molar refractivity (Wildman–Crippen MR) is 148 cm³/mol. The molecule has 2 aromatic rings. The number of nitrogens with one attached hydrogen (secondary N) is 2. The van der Waals surface area contributed by atoms with Crippen molar-refractivity contribution in [2.75, 3.05) is 11.9 Å². The van der Waals surface area contributed by atoms with Crippen LogP contribution < -0.4 is 10.6 Å². The SMILES string of the molecule is CCCC(C)NC(=O)C1N([C@H](CO)c2ccccc2)C(=O)[C@@H]2[C@@H](C(=O)Nc3ccccc3)[C@@]3(CC)CCC12O3. The molecule has 3 amide bonds. The van der Waals surface area contributed by atoms with Crippen LogP contribution in [0.3, 0.4) is 0 Å². The zero-order valence-corrected chi connectivity index (χ0v) is 22.9. The second kappa shape index (κ2) is 10.7. The summed E-state index contributed by atoms with van der Waals surface area (Å²) in [7, 11) is 0. The van der Waals surface area contributed by atoms with Gasteiger partial charge in [-0.1, -0.05) is 68.8 Å². The van der Waals surface area contributed by atoms with Crippen molar-refractivity contribution in [3.05, 3.63) is 66.2 Å². The summed E-state index contributed by atoms with van der Waals surface area (Å²) in [4.78, 5) is 43.9. The number of carbonyl (C=O) groups excluding carboxylic acids is 3. The molecule has 39 heavy (non-hydrogen) atoms. The zero-order valence-electron chi connectivity index (χ0n) is 22.9. The zero-order chi connectivity index (χ0) is 27.8. The van der Waals surface area contributed by atoms with Crippen molar-refractivity contribution in [2.24, 2.45) is 11.8 Å². The van der Waals surface area contributed by atoms with E-state index in [-0.39, 0.29) is 30.4 Å². The number of rotatable bonds is 10. The summed E-state index contributed by atoms with van der Waals surface area (Å²) in [5.41, 5.74) is -0.605. The minimum atomic E-state index is -1.15. The molecular formula is C31H39N3O5. The van der Waals surface area contributed by atoms with Crippen LogP contribution in [0.1, 0.15) is 64.5 Å². The lowest BCUT2D eigenvalue weighted by Crippen LogP contribution is -2.57. The van der Waals surface area contributed by atoms with Crippen LogP contribution in [0.5, 0.6) is 0 Å². The normalized spacial score (nSPS) is 30.6. The van der Waals surface area contributed by atoms with Crippen LogP contribution in [0, 0.1) is 11.8 Å². The van der Waals surface area contributed by atoms with Crippen molar-refractivity contribution >= 4 is 23.4 Å². The van der Waals surface area contributed by atoms with Gasteiger partial charge < -0.3 is 25.4 Å². The molecule has 8 heteroatoms. The number of nitrogens with zero attached hydrogens (tertiary/aromatic N) is 1. The molecular weight excluding hydrogens is 494 g/mol. The average molecular weight is 534 g/mol. The van der Waals surface area contributed by atoms with Gasteiger partial charge in [-0.2, -0.15) is 0 Å². The highest BCUT2D eigenvalue weighted by atomic mass is 16.5. The third-order valence-corrected chi connectivity index (χ3v) is 8.99. The van der Waals surface area contributed by atoms with E-state index in [2.05, 4.69) is 17.6 Å². The Morgan fingerprint density at radius 3 is 2.33 bits per heavy atom. The highest BCUT2D eigenvalue weighted by Gasteiger charge is 2.79. The molecule has 0 radical (unpaired) electrons. The highest BCUT2D eigenvalue weighted by Crippen LogP contribution is 2.65. The number of fused-ring (bicyclic) bond motifs is 1. The lowest BCUT2D eigenvalue weighted by molar-refractivity contribution is -0.150. The second-order valence-electron chi connectivity index (χ2n) is 11.2. The van der Waals surface area contributed by atoms with Gasteiger partial charge in [0.15, 0.2) is 0 Å². The molecule has 3 saturated heterocycles. The number of hydrogen-bond acceptors (Lipinski definition) is 5. The van der Waals surface area contributed by atoms with Gasteiger partial charge in [0.05, 0.1) is 30.1 Å². The third-order valence-electron chi connectivity index (χ3n) is 8.99. The maximum atomic E-state index is 14.5. The van der Waals surface area contributed by atoms with Crippen molar-refractivity contribution in [1.29, 1.82) is 0 Å². The number of para-hydroxylation sites is 1. The lowest BCUT2D eigenvalue weighted by atomic mass is 9.65. The van der Waals surface area contributed by atoms with E-state index in [0.29, 0.717) is 24.9 Å². The fourth-order valence-electron chi connectivity index (χ4n) is 7.29. The first-order valence-electron chi connectivity index (χ1n) is 14.2. The monoisotopic (exact) mass is 533 g/mol. The number of anilines is 1. The van der Waals surface area contributed by atoms with E-state index in [1.807, 2.05) is 74.5 Å². The number of benzene rings is 2. The van der Waals surface area contributed by atoms with Gasteiger partial charge in [-0.15, -0.1) is 0 Å². The molecule has 3 aliphatic rings. The van der Waals surface area contributed by atoms with Crippen molar-refractivity contribution in [3.8, 4) is 0 Å². The molecule has 0 aliphatic carbocycles. The molecule has 2 bridgehead atoms. The van der Waals surface area contributed by atoms with Crippen molar-refractivity contribution in [2.45, 2.75) is 82.2 Å². The first-order valence-corrected chi connectivity index (χ1v) is 14.2. The molecule has 8 nitrogen and oxygen atoms in total. The van der Waals surface area contributed by atoms with E-state index in [1.165, 1.54) is 4.90 Å². The maximum absolute atomic E-state index is 14.5. The van der Waals surface area contributed by atoms with Crippen molar-refractivity contribution in [3.63, 3.8) is 0 Å². The van der Waals surface area contributed by atoms with Crippen molar-refractivity contribution in [1.82, 2.24) is 10.2 Å². The summed E-state index contributed by atoms with van der Waals surface area (Å²) in [6, 6.07) is 16.6. The van der Waals surface area contributed by atoms with Crippen LogP contribution in [0.15, 0.2) is 60.7 Å².